The van der Waals surface area contributed by atoms with E-state index < -0.39 is 11.8 Å². The number of piperidine rings is 1. The number of rotatable bonds is 3. The average Bonchev–Trinajstić information content (AvgIpc) is 2.62. The maximum Gasteiger partial charge on any atom is 0.315 e. The van der Waals surface area contributed by atoms with Crippen molar-refractivity contribution in [2.75, 3.05) is 18.4 Å². The smallest absolute Gasteiger partial charge is 0.315 e. The lowest BCUT2D eigenvalue weighted by Crippen LogP contribution is -2.44. The second-order valence-corrected chi connectivity index (χ2v) is 6.60. The van der Waals surface area contributed by atoms with E-state index in [1.807, 2.05) is 19.1 Å². The van der Waals surface area contributed by atoms with E-state index in [9.17, 15) is 9.59 Å². The van der Waals surface area contributed by atoms with Crippen LogP contribution in [-0.4, -0.2) is 34.8 Å². The summed E-state index contributed by atoms with van der Waals surface area (Å²) >= 11 is 0. The van der Waals surface area contributed by atoms with Gasteiger partial charge in [0.2, 0.25) is 0 Å². The van der Waals surface area contributed by atoms with E-state index in [-0.39, 0.29) is 0 Å². The molecule has 1 fully saturated rings. The molecular formula is C20H23N3O2. The summed E-state index contributed by atoms with van der Waals surface area (Å²) < 4.78 is 0. The summed E-state index contributed by atoms with van der Waals surface area (Å²) in [6.07, 6.45) is 4.50. The average molecular weight is 337 g/mol. The van der Waals surface area contributed by atoms with E-state index in [4.69, 9.17) is 0 Å². The Morgan fingerprint density at radius 2 is 1.88 bits per heavy atom. The van der Waals surface area contributed by atoms with Crippen LogP contribution in [0.15, 0.2) is 48.7 Å². The van der Waals surface area contributed by atoms with Gasteiger partial charge in [-0.15, -0.1) is 0 Å². The molecule has 0 radical (unpaired) electrons. The molecule has 0 saturated carbocycles. The number of carbonyl (C=O) groups excluding carboxylic acids is 2. The summed E-state index contributed by atoms with van der Waals surface area (Å²) in [4.78, 5) is 30.2. The van der Waals surface area contributed by atoms with Gasteiger partial charge in [-0.25, -0.2) is 4.98 Å². The fourth-order valence-electron chi connectivity index (χ4n) is 3.21. The molecule has 1 N–H and O–H groups in total. The quantitative estimate of drug-likeness (QED) is 0.876. The number of amides is 2. The highest BCUT2D eigenvalue weighted by molar-refractivity contribution is 6.39. The zero-order chi connectivity index (χ0) is 17.6. The minimum absolute atomic E-state index is 0.414. The molecule has 130 valence electrons. The van der Waals surface area contributed by atoms with Crippen LogP contribution in [0.25, 0.3) is 0 Å². The Morgan fingerprint density at radius 1 is 1.16 bits per heavy atom. The normalized spacial score (nSPS) is 15.0. The Morgan fingerprint density at radius 3 is 2.56 bits per heavy atom. The van der Waals surface area contributed by atoms with Crippen LogP contribution in [-0.2, 0) is 16.0 Å². The first-order chi connectivity index (χ1) is 12.1. The van der Waals surface area contributed by atoms with Crippen molar-refractivity contribution >= 4 is 17.6 Å². The van der Waals surface area contributed by atoms with Crippen molar-refractivity contribution in [3.05, 3.63) is 59.8 Å². The lowest BCUT2D eigenvalue weighted by molar-refractivity contribution is -0.144. The molecule has 1 aromatic carbocycles. The highest BCUT2D eigenvalue weighted by Crippen LogP contribution is 2.21. The van der Waals surface area contributed by atoms with Crippen molar-refractivity contribution in [2.45, 2.75) is 26.2 Å². The highest BCUT2D eigenvalue weighted by atomic mass is 16.2. The molecule has 0 aliphatic carbocycles. The summed E-state index contributed by atoms with van der Waals surface area (Å²) in [6, 6.07) is 14.0. The monoisotopic (exact) mass is 337 g/mol. The van der Waals surface area contributed by atoms with Crippen LogP contribution in [0.2, 0.25) is 0 Å². The van der Waals surface area contributed by atoms with Crippen LogP contribution in [0.4, 0.5) is 5.82 Å². The van der Waals surface area contributed by atoms with E-state index in [0.717, 1.165) is 24.8 Å². The molecule has 25 heavy (non-hydrogen) atoms. The summed E-state index contributed by atoms with van der Waals surface area (Å²) in [7, 11) is 0. The van der Waals surface area contributed by atoms with Crippen molar-refractivity contribution in [2.24, 2.45) is 5.92 Å². The molecule has 1 aromatic heterocycles. The number of aromatic nitrogens is 1. The summed E-state index contributed by atoms with van der Waals surface area (Å²) in [5.74, 6) is -0.105. The molecule has 5 heteroatoms. The number of anilines is 1. The van der Waals surface area contributed by atoms with Gasteiger partial charge in [0.05, 0.1) is 0 Å². The molecular weight excluding hydrogens is 314 g/mol. The molecule has 0 bridgehead atoms. The molecule has 2 heterocycles. The third kappa shape index (κ3) is 4.66. The number of hydrogen-bond acceptors (Lipinski definition) is 3. The van der Waals surface area contributed by atoms with Gasteiger partial charge in [0.1, 0.15) is 5.82 Å². The summed E-state index contributed by atoms with van der Waals surface area (Å²) in [5, 5.41) is 2.59. The fraction of sp³-hybridized carbons (Fsp3) is 0.350. The second-order valence-electron chi connectivity index (χ2n) is 6.60. The van der Waals surface area contributed by atoms with Gasteiger partial charge in [-0.05, 0) is 55.4 Å². The summed E-state index contributed by atoms with van der Waals surface area (Å²) in [5.41, 5.74) is 2.31. The number of likely N-dealkylation sites (tertiary alicyclic amines) is 1. The number of nitrogens with one attached hydrogen (secondary N) is 1. The first kappa shape index (κ1) is 17.1. The Kier molecular flexibility index (Phi) is 5.43. The Bertz CT molecular complexity index is 738. The van der Waals surface area contributed by atoms with Gasteiger partial charge in [-0.2, -0.15) is 0 Å². The summed E-state index contributed by atoms with van der Waals surface area (Å²) in [6.45, 7) is 3.17. The SMILES string of the molecule is Cc1ccnc(NC(=O)C(=O)N2CCC(Cc3ccccc3)CC2)c1. The van der Waals surface area contributed by atoms with Crippen LogP contribution in [0.1, 0.15) is 24.0 Å². The Labute approximate surface area is 148 Å². The minimum atomic E-state index is -0.611. The molecule has 1 aliphatic rings. The van der Waals surface area contributed by atoms with Crippen LogP contribution in [0.3, 0.4) is 0 Å². The van der Waals surface area contributed by atoms with E-state index >= 15 is 0 Å². The molecule has 2 aromatic rings. The topological polar surface area (TPSA) is 62.3 Å². The number of nitrogens with zero attached hydrogens (tertiary/aromatic N) is 2. The van der Waals surface area contributed by atoms with Crippen LogP contribution < -0.4 is 5.32 Å². The van der Waals surface area contributed by atoms with Crippen LogP contribution in [0, 0.1) is 12.8 Å². The standard InChI is InChI=1S/C20H23N3O2/c1-15-7-10-21-18(13-15)22-19(24)20(25)23-11-8-17(9-12-23)14-16-5-3-2-4-6-16/h2-7,10,13,17H,8-9,11-12,14H2,1H3,(H,21,22,24). The molecule has 0 spiro atoms. The van der Waals surface area contributed by atoms with Crippen molar-refractivity contribution in [1.82, 2.24) is 9.88 Å². The highest BCUT2D eigenvalue weighted by Gasteiger charge is 2.27. The van der Waals surface area contributed by atoms with Gasteiger partial charge in [0.15, 0.2) is 0 Å². The van der Waals surface area contributed by atoms with E-state index in [1.54, 1.807) is 17.2 Å². The van der Waals surface area contributed by atoms with Crippen molar-refractivity contribution in [3.8, 4) is 0 Å². The zero-order valence-corrected chi connectivity index (χ0v) is 14.4. The first-order valence-corrected chi connectivity index (χ1v) is 8.68. The van der Waals surface area contributed by atoms with E-state index in [0.29, 0.717) is 24.8 Å². The molecule has 0 unspecified atom stereocenters. The molecule has 3 rings (SSSR count). The van der Waals surface area contributed by atoms with Crippen molar-refractivity contribution < 1.29 is 9.59 Å². The third-order valence-corrected chi connectivity index (χ3v) is 4.62. The number of pyridine rings is 1. The number of hydrogen-bond donors (Lipinski definition) is 1. The van der Waals surface area contributed by atoms with E-state index in [2.05, 4.69) is 34.6 Å². The Balaban J connectivity index is 1.50. The lowest BCUT2D eigenvalue weighted by atomic mass is 9.90. The van der Waals surface area contributed by atoms with Gasteiger partial charge in [-0.1, -0.05) is 30.3 Å². The van der Waals surface area contributed by atoms with Crippen molar-refractivity contribution in [3.63, 3.8) is 0 Å². The lowest BCUT2D eigenvalue weighted by Gasteiger charge is -2.31. The number of carbonyl (C=O) groups is 2. The largest absolute Gasteiger partial charge is 0.334 e. The van der Waals surface area contributed by atoms with Crippen molar-refractivity contribution in [1.29, 1.82) is 0 Å². The zero-order valence-electron chi connectivity index (χ0n) is 14.4. The second kappa shape index (κ2) is 7.92. The minimum Gasteiger partial charge on any atom is -0.334 e. The number of benzene rings is 1. The molecule has 0 atom stereocenters. The molecule has 1 saturated heterocycles. The predicted octanol–water partition coefficient (Wildman–Crippen LogP) is 2.81. The van der Waals surface area contributed by atoms with Gasteiger partial charge in [0.25, 0.3) is 0 Å². The maximum atomic E-state index is 12.3. The van der Waals surface area contributed by atoms with Gasteiger partial charge < -0.3 is 10.2 Å². The maximum absolute atomic E-state index is 12.3. The van der Waals surface area contributed by atoms with Gasteiger partial charge in [0, 0.05) is 19.3 Å². The molecule has 5 nitrogen and oxygen atoms in total. The van der Waals surface area contributed by atoms with E-state index in [1.165, 1.54) is 5.56 Å². The third-order valence-electron chi connectivity index (χ3n) is 4.62. The van der Waals surface area contributed by atoms with Gasteiger partial charge in [-0.3, -0.25) is 9.59 Å². The first-order valence-electron chi connectivity index (χ1n) is 8.68. The van der Waals surface area contributed by atoms with Gasteiger partial charge >= 0.3 is 11.8 Å². The molecule has 1 aliphatic heterocycles. The van der Waals surface area contributed by atoms with Crippen LogP contribution in [0.5, 0.6) is 0 Å². The van der Waals surface area contributed by atoms with Crippen LogP contribution >= 0.6 is 0 Å². The Hall–Kier alpha value is -2.69. The predicted molar refractivity (Wildman–Crippen MR) is 97.1 cm³/mol. The molecule has 2 amide bonds. The fourth-order valence-corrected chi connectivity index (χ4v) is 3.21. The number of aryl methyl sites for hydroxylation is 1.